The molecule has 0 atom stereocenters. The van der Waals surface area contributed by atoms with E-state index in [2.05, 4.69) is 45.5 Å². The average molecular weight is 490 g/mol. The lowest BCUT2D eigenvalue weighted by Crippen LogP contribution is -2.43. The molecule has 1 fully saturated rings. The van der Waals surface area contributed by atoms with E-state index < -0.39 is 5.82 Å². The summed E-state index contributed by atoms with van der Waals surface area (Å²) in [4.78, 5) is 21.3. The third kappa shape index (κ3) is 6.24. The summed E-state index contributed by atoms with van der Waals surface area (Å²) in [5, 5.41) is 13.1. The molecule has 9 heteroatoms. The minimum atomic E-state index is -0.488. The molecule has 0 spiro atoms. The molecule has 2 heterocycles. The van der Waals surface area contributed by atoms with Gasteiger partial charge in [0.1, 0.15) is 11.6 Å². The number of rotatable bonds is 8. The minimum Gasteiger partial charge on any atom is -0.383 e. The molecule has 4 rings (SSSR count). The largest absolute Gasteiger partial charge is 0.383 e. The van der Waals surface area contributed by atoms with E-state index >= 15 is 0 Å². The summed E-state index contributed by atoms with van der Waals surface area (Å²) in [6.07, 6.45) is 2.65. The molecule has 1 aliphatic heterocycles. The summed E-state index contributed by atoms with van der Waals surface area (Å²) < 4.78 is 14.7. The first-order valence-electron chi connectivity index (χ1n) is 11.9. The number of pyridine rings is 1. The van der Waals surface area contributed by atoms with Crippen molar-refractivity contribution >= 4 is 29.3 Å². The number of carbonyl (C=O) groups excluding carboxylic acids is 1. The van der Waals surface area contributed by atoms with Crippen LogP contribution in [0.3, 0.4) is 0 Å². The van der Waals surface area contributed by atoms with Gasteiger partial charge in [0.2, 0.25) is 5.91 Å². The number of hydrogen-bond donors (Lipinski definition) is 4. The second-order valence-corrected chi connectivity index (χ2v) is 9.16. The molecule has 0 unspecified atom stereocenters. The van der Waals surface area contributed by atoms with Gasteiger partial charge < -0.3 is 26.7 Å². The van der Waals surface area contributed by atoms with Crippen molar-refractivity contribution in [3.8, 4) is 11.1 Å². The summed E-state index contributed by atoms with van der Waals surface area (Å²) >= 11 is 0. The lowest BCUT2D eigenvalue weighted by Gasteiger charge is -2.32. The summed E-state index contributed by atoms with van der Waals surface area (Å²) in [6, 6.07) is 12.3. The molecule has 0 radical (unpaired) electrons. The maximum atomic E-state index is 14.7. The predicted molar refractivity (Wildman–Crippen MR) is 143 cm³/mol. The Morgan fingerprint density at radius 1 is 1.14 bits per heavy atom. The molecule has 5 N–H and O–H groups in total. The number of nitrogens with one attached hydrogen (secondary N) is 3. The smallest absolute Gasteiger partial charge is 0.243 e. The molecule has 1 aromatic heterocycles. The molecule has 1 amide bonds. The number of aromatic nitrogens is 1. The molecular formula is C27H32FN7O. The number of nitrogens with zero attached hydrogens (tertiary/aromatic N) is 3. The van der Waals surface area contributed by atoms with Crippen LogP contribution in [0.4, 0.5) is 21.6 Å². The fourth-order valence-electron chi connectivity index (χ4n) is 4.18. The van der Waals surface area contributed by atoms with Crippen LogP contribution in [0.5, 0.6) is 0 Å². The highest BCUT2D eigenvalue weighted by Crippen LogP contribution is 2.25. The van der Waals surface area contributed by atoms with Crippen LogP contribution in [0.2, 0.25) is 0 Å². The van der Waals surface area contributed by atoms with Crippen LogP contribution in [0.1, 0.15) is 16.7 Å². The van der Waals surface area contributed by atoms with Gasteiger partial charge in [0.05, 0.1) is 12.2 Å². The van der Waals surface area contributed by atoms with Crippen LogP contribution in [-0.2, 0) is 11.3 Å². The minimum absolute atomic E-state index is 0.0697. The Morgan fingerprint density at radius 2 is 1.92 bits per heavy atom. The number of anilines is 3. The number of benzene rings is 2. The molecule has 36 heavy (non-hydrogen) atoms. The van der Waals surface area contributed by atoms with Crippen LogP contribution < -0.4 is 16.4 Å². The number of likely N-dealkylation sites (N-methyl/N-ethyl adjacent to an activating group) is 1. The molecule has 0 aliphatic carbocycles. The Balaban J connectivity index is 1.32. The number of amides is 1. The Kier molecular flexibility index (Phi) is 7.92. The van der Waals surface area contributed by atoms with E-state index in [9.17, 15) is 9.18 Å². The molecule has 1 aliphatic rings. The SMILES string of the molecule is Cc1cc(NC(=O)CNc2ccc(-c3cnc(N)c(C=N)c3)cc2F)ccc1CN1CCN(C)CC1. The summed E-state index contributed by atoms with van der Waals surface area (Å²) in [5.74, 6) is -0.501. The number of halogens is 1. The normalized spacial score (nSPS) is 14.4. The van der Waals surface area contributed by atoms with Gasteiger partial charge in [-0.1, -0.05) is 12.1 Å². The van der Waals surface area contributed by atoms with Crippen LogP contribution in [0.25, 0.3) is 11.1 Å². The fraction of sp³-hybridized carbons (Fsp3) is 0.296. The van der Waals surface area contributed by atoms with E-state index in [-0.39, 0.29) is 24.0 Å². The van der Waals surface area contributed by atoms with E-state index in [1.807, 2.05) is 12.1 Å². The number of piperazine rings is 1. The lowest BCUT2D eigenvalue weighted by atomic mass is 10.0. The quantitative estimate of drug-likeness (QED) is 0.360. The number of nitrogen functional groups attached to an aromatic ring is 1. The van der Waals surface area contributed by atoms with Crippen molar-refractivity contribution in [3.05, 3.63) is 71.2 Å². The summed E-state index contributed by atoms with van der Waals surface area (Å²) in [6.45, 7) is 7.15. The first kappa shape index (κ1) is 25.3. The van der Waals surface area contributed by atoms with Gasteiger partial charge in [-0.3, -0.25) is 9.69 Å². The van der Waals surface area contributed by atoms with E-state index in [0.717, 1.165) is 50.2 Å². The number of aryl methyl sites for hydroxylation is 1. The van der Waals surface area contributed by atoms with Gasteiger partial charge in [-0.05, 0) is 61.0 Å². The van der Waals surface area contributed by atoms with Crippen molar-refractivity contribution in [1.29, 1.82) is 5.41 Å². The van der Waals surface area contributed by atoms with Gasteiger partial charge in [0, 0.05) is 61.9 Å². The molecule has 8 nitrogen and oxygen atoms in total. The van der Waals surface area contributed by atoms with E-state index in [1.54, 1.807) is 18.2 Å². The number of carbonyl (C=O) groups is 1. The van der Waals surface area contributed by atoms with Gasteiger partial charge in [0.25, 0.3) is 0 Å². The summed E-state index contributed by atoms with van der Waals surface area (Å²) in [7, 11) is 2.15. The second kappa shape index (κ2) is 11.3. The van der Waals surface area contributed by atoms with Crippen molar-refractivity contribution in [2.24, 2.45) is 0 Å². The Hall–Kier alpha value is -3.82. The maximum absolute atomic E-state index is 14.7. The Labute approximate surface area is 210 Å². The van der Waals surface area contributed by atoms with Gasteiger partial charge in [-0.25, -0.2) is 9.37 Å². The molecule has 2 aromatic carbocycles. The van der Waals surface area contributed by atoms with Crippen LogP contribution >= 0.6 is 0 Å². The summed E-state index contributed by atoms with van der Waals surface area (Å²) in [5.41, 5.74) is 10.8. The highest BCUT2D eigenvalue weighted by Gasteiger charge is 2.15. The van der Waals surface area contributed by atoms with Crippen molar-refractivity contribution < 1.29 is 9.18 Å². The zero-order valence-electron chi connectivity index (χ0n) is 20.6. The zero-order valence-corrected chi connectivity index (χ0v) is 20.6. The van der Waals surface area contributed by atoms with Gasteiger partial charge in [-0.15, -0.1) is 0 Å². The number of hydrogen-bond acceptors (Lipinski definition) is 7. The third-order valence-electron chi connectivity index (χ3n) is 6.46. The maximum Gasteiger partial charge on any atom is 0.243 e. The fourth-order valence-corrected chi connectivity index (χ4v) is 4.18. The van der Waals surface area contributed by atoms with E-state index in [0.29, 0.717) is 16.7 Å². The van der Waals surface area contributed by atoms with Crippen molar-refractivity contribution in [3.63, 3.8) is 0 Å². The average Bonchev–Trinajstić information content (AvgIpc) is 2.86. The van der Waals surface area contributed by atoms with Crippen molar-refractivity contribution in [2.45, 2.75) is 13.5 Å². The monoisotopic (exact) mass is 489 g/mol. The van der Waals surface area contributed by atoms with Crippen LogP contribution in [0, 0.1) is 18.2 Å². The first-order valence-corrected chi connectivity index (χ1v) is 11.9. The highest BCUT2D eigenvalue weighted by molar-refractivity contribution is 5.94. The van der Waals surface area contributed by atoms with Crippen molar-refractivity contribution in [2.75, 3.05) is 56.1 Å². The third-order valence-corrected chi connectivity index (χ3v) is 6.46. The molecule has 0 bridgehead atoms. The van der Waals surface area contributed by atoms with Crippen molar-refractivity contribution in [1.82, 2.24) is 14.8 Å². The number of nitrogens with two attached hydrogens (primary N) is 1. The van der Waals surface area contributed by atoms with E-state index in [4.69, 9.17) is 11.1 Å². The topological polar surface area (TPSA) is 110 Å². The molecule has 0 saturated carbocycles. The van der Waals surface area contributed by atoms with Gasteiger partial charge in [-0.2, -0.15) is 0 Å². The van der Waals surface area contributed by atoms with Crippen LogP contribution in [0.15, 0.2) is 48.7 Å². The predicted octanol–water partition coefficient (Wildman–Crippen LogP) is 3.57. The highest BCUT2D eigenvalue weighted by atomic mass is 19.1. The molecule has 1 saturated heterocycles. The van der Waals surface area contributed by atoms with Crippen LogP contribution in [-0.4, -0.2) is 66.7 Å². The Bertz CT molecular complexity index is 1250. The van der Waals surface area contributed by atoms with Gasteiger partial charge >= 0.3 is 0 Å². The molecule has 188 valence electrons. The van der Waals surface area contributed by atoms with Gasteiger partial charge in [0.15, 0.2) is 0 Å². The molecule has 3 aromatic rings. The zero-order chi connectivity index (χ0) is 25.7. The van der Waals surface area contributed by atoms with E-state index in [1.165, 1.54) is 17.8 Å². The molecular weight excluding hydrogens is 457 g/mol. The Morgan fingerprint density at radius 3 is 2.61 bits per heavy atom. The lowest BCUT2D eigenvalue weighted by molar-refractivity contribution is -0.114. The standard InChI is InChI=1S/C27H32FN7O/c1-18-11-23(5-3-20(18)17-35-9-7-34(2)8-10-35)33-26(36)16-31-25-6-4-19(13-24(25)28)22-12-21(14-29)27(30)32-15-22/h3-6,11-15,29,31H,7-10,16-17H2,1-2H3,(H2,30,32)(H,33,36). The first-order chi connectivity index (χ1) is 17.3. The second-order valence-electron chi connectivity index (χ2n) is 9.16.